The number of aliphatic carboxylic acids is 1. The van der Waals surface area contributed by atoms with Gasteiger partial charge in [0.05, 0.1) is 5.41 Å². The molecule has 0 aromatic carbocycles. The molecular formula is C11H15NO4. The second kappa shape index (κ2) is 3.81. The third-order valence-electron chi connectivity index (χ3n) is 3.49. The molecule has 16 heavy (non-hydrogen) atoms. The number of carbonyl (C=O) groups excluding carboxylic acids is 1. The Morgan fingerprint density at radius 3 is 2.88 bits per heavy atom. The van der Waals surface area contributed by atoms with Crippen LogP contribution in [-0.4, -0.2) is 29.8 Å². The molecule has 0 heterocycles. The molecule has 5 nitrogen and oxygen atoms in total. The van der Waals surface area contributed by atoms with Gasteiger partial charge in [-0.2, -0.15) is 0 Å². The summed E-state index contributed by atoms with van der Waals surface area (Å²) in [4.78, 5) is 22.2. The second-order valence-electron chi connectivity index (χ2n) is 4.53. The number of carboxylic acid groups (broad SMARTS) is 1. The van der Waals surface area contributed by atoms with Crippen molar-refractivity contribution in [3.63, 3.8) is 0 Å². The molecule has 2 rings (SSSR count). The fourth-order valence-electron chi connectivity index (χ4n) is 2.61. The van der Waals surface area contributed by atoms with Crippen LogP contribution < -0.4 is 5.32 Å². The van der Waals surface area contributed by atoms with E-state index in [0.717, 1.165) is 12.8 Å². The largest absolute Gasteiger partial charge is 0.481 e. The van der Waals surface area contributed by atoms with Gasteiger partial charge in [0.25, 0.3) is 0 Å². The summed E-state index contributed by atoms with van der Waals surface area (Å²) in [6, 6.07) is -0.0628. The van der Waals surface area contributed by atoms with Gasteiger partial charge in [0.15, 0.2) is 0 Å². The highest BCUT2D eigenvalue weighted by atomic mass is 16.5. The molecular weight excluding hydrogens is 210 g/mol. The van der Waals surface area contributed by atoms with E-state index in [-0.39, 0.29) is 18.6 Å². The van der Waals surface area contributed by atoms with Gasteiger partial charge in [-0.1, -0.05) is 12.7 Å². The Balaban J connectivity index is 1.80. The van der Waals surface area contributed by atoms with E-state index in [1.54, 1.807) is 0 Å². The lowest BCUT2D eigenvalue weighted by atomic mass is 10.0. The normalized spacial score (nSPS) is 35.0. The second-order valence-corrected chi connectivity index (χ2v) is 4.53. The number of ether oxygens (including phenoxy) is 1. The Morgan fingerprint density at radius 1 is 1.56 bits per heavy atom. The third-order valence-corrected chi connectivity index (χ3v) is 3.49. The highest BCUT2D eigenvalue weighted by Gasteiger charge is 2.65. The number of carboxylic acids is 1. The van der Waals surface area contributed by atoms with E-state index in [0.29, 0.717) is 6.42 Å². The smallest absolute Gasteiger partial charge is 0.407 e. The average Bonchev–Trinajstić information content (AvgIpc) is 2.80. The van der Waals surface area contributed by atoms with Crippen LogP contribution in [0.1, 0.15) is 19.3 Å². The zero-order valence-corrected chi connectivity index (χ0v) is 8.94. The molecule has 1 amide bonds. The SMILES string of the molecule is C=CCOC(=O)N[C@H]1C[C@@H]2C[C@]2(C(=O)O)C1. The molecule has 0 aliphatic heterocycles. The summed E-state index contributed by atoms with van der Waals surface area (Å²) < 4.78 is 4.78. The summed E-state index contributed by atoms with van der Waals surface area (Å²) in [6.45, 7) is 3.61. The van der Waals surface area contributed by atoms with Gasteiger partial charge < -0.3 is 15.2 Å². The Kier molecular flexibility index (Phi) is 2.61. The minimum atomic E-state index is -0.735. The van der Waals surface area contributed by atoms with Crippen LogP contribution in [-0.2, 0) is 9.53 Å². The van der Waals surface area contributed by atoms with Gasteiger partial charge in [-0.3, -0.25) is 4.79 Å². The van der Waals surface area contributed by atoms with Crippen LogP contribution in [0, 0.1) is 11.3 Å². The van der Waals surface area contributed by atoms with Crippen LogP contribution in [0.4, 0.5) is 4.79 Å². The first-order chi connectivity index (χ1) is 7.58. The van der Waals surface area contributed by atoms with Crippen molar-refractivity contribution in [2.75, 3.05) is 6.61 Å². The van der Waals surface area contributed by atoms with Crippen molar-refractivity contribution in [3.8, 4) is 0 Å². The number of amides is 1. The summed E-state index contributed by atoms with van der Waals surface area (Å²) in [5.74, 6) is -0.504. The van der Waals surface area contributed by atoms with E-state index in [2.05, 4.69) is 11.9 Å². The number of rotatable bonds is 4. The number of carbonyl (C=O) groups is 2. The summed E-state index contributed by atoms with van der Waals surface area (Å²) in [7, 11) is 0. The lowest BCUT2D eigenvalue weighted by molar-refractivity contribution is -0.143. The first kappa shape index (κ1) is 11.0. The first-order valence-corrected chi connectivity index (χ1v) is 5.36. The first-order valence-electron chi connectivity index (χ1n) is 5.36. The van der Waals surface area contributed by atoms with Gasteiger partial charge in [-0.15, -0.1) is 0 Å². The molecule has 0 aromatic rings. The molecule has 0 aromatic heterocycles. The summed E-state index contributed by atoms with van der Waals surface area (Å²) >= 11 is 0. The fourth-order valence-corrected chi connectivity index (χ4v) is 2.61. The molecule has 3 atom stereocenters. The van der Waals surface area contributed by atoms with Gasteiger partial charge in [-0.25, -0.2) is 4.79 Å². The molecule has 0 unspecified atom stereocenters. The molecule has 0 saturated heterocycles. The van der Waals surface area contributed by atoms with Crippen molar-refractivity contribution < 1.29 is 19.4 Å². The van der Waals surface area contributed by atoms with Crippen molar-refractivity contribution >= 4 is 12.1 Å². The van der Waals surface area contributed by atoms with Crippen molar-refractivity contribution in [1.82, 2.24) is 5.32 Å². The van der Waals surface area contributed by atoms with Gasteiger partial charge in [0, 0.05) is 6.04 Å². The Hall–Kier alpha value is -1.52. The van der Waals surface area contributed by atoms with Crippen molar-refractivity contribution in [2.45, 2.75) is 25.3 Å². The molecule has 88 valence electrons. The zero-order chi connectivity index (χ0) is 11.8. The highest BCUT2D eigenvalue weighted by Crippen LogP contribution is 2.63. The molecule has 0 bridgehead atoms. The molecule has 5 heteroatoms. The number of hydrogen-bond acceptors (Lipinski definition) is 3. The number of fused-ring (bicyclic) bond motifs is 1. The fraction of sp³-hybridized carbons (Fsp3) is 0.636. The maximum Gasteiger partial charge on any atom is 0.407 e. The van der Waals surface area contributed by atoms with Gasteiger partial charge in [0.2, 0.25) is 0 Å². The zero-order valence-electron chi connectivity index (χ0n) is 8.94. The van der Waals surface area contributed by atoms with Crippen LogP contribution in [0.5, 0.6) is 0 Å². The monoisotopic (exact) mass is 225 g/mol. The van der Waals surface area contributed by atoms with Crippen molar-refractivity contribution in [1.29, 1.82) is 0 Å². The van der Waals surface area contributed by atoms with E-state index in [4.69, 9.17) is 9.84 Å². The maximum atomic E-state index is 11.2. The van der Waals surface area contributed by atoms with Gasteiger partial charge in [-0.05, 0) is 25.2 Å². The van der Waals surface area contributed by atoms with Crippen LogP contribution in [0.15, 0.2) is 12.7 Å². The highest BCUT2D eigenvalue weighted by molar-refractivity contribution is 5.79. The minimum absolute atomic E-state index is 0.0628. The predicted molar refractivity (Wildman–Crippen MR) is 55.9 cm³/mol. The van der Waals surface area contributed by atoms with Crippen LogP contribution in [0.25, 0.3) is 0 Å². The molecule has 0 radical (unpaired) electrons. The third kappa shape index (κ3) is 1.77. The molecule has 2 fully saturated rings. The van der Waals surface area contributed by atoms with Crippen molar-refractivity contribution in [2.24, 2.45) is 11.3 Å². The van der Waals surface area contributed by atoms with Crippen LogP contribution >= 0.6 is 0 Å². The number of alkyl carbamates (subject to hydrolysis) is 1. The summed E-state index contributed by atoms with van der Waals surface area (Å²) in [6.07, 6.45) is 3.02. The molecule has 2 saturated carbocycles. The van der Waals surface area contributed by atoms with Gasteiger partial charge >= 0.3 is 12.1 Å². The summed E-state index contributed by atoms with van der Waals surface area (Å²) in [5.41, 5.74) is -0.559. The van der Waals surface area contributed by atoms with E-state index < -0.39 is 17.5 Å². The van der Waals surface area contributed by atoms with Crippen LogP contribution in [0.2, 0.25) is 0 Å². The lowest BCUT2D eigenvalue weighted by Crippen LogP contribution is -2.35. The van der Waals surface area contributed by atoms with Crippen LogP contribution in [0.3, 0.4) is 0 Å². The topological polar surface area (TPSA) is 75.6 Å². The number of nitrogens with one attached hydrogen (secondary N) is 1. The van der Waals surface area contributed by atoms with Crippen molar-refractivity contribution in [3.05, 3.63) is 12.7 Å². The van der Waals surface area contributed by atoms with E-state index in [1.807, 2.05) is 0 Å². The Bertz CT molecular complexity index is 341. The molecule has 2 aliphatic rings. The van der Waals surface area contributed by atoms with E-state index >= 15 is 0 Å². The molecule has 0 spiro atoms. The maximum absolute atomic E-state index is 11.2. The summed E-state index contributed by atoms with van der Waals surface area (Å²) in [5, 5.41) is 11.7. The van der Waals surface area contributed by atoms with E-state index in [9.17, 15) is 9.59 Å². The lowest BCUT2D eigenvalue weighted by Gasteiger charge is -2.15. The predicted octanol–water partition coefficient (Wildman–Crippen LogP) is 1.15. The molecule has 2 N–H and O–H groups in total. The molecule has 2 aliphatic carbocycles. The quantitative estimate of drug-likeness (QED) is 0.704. The van der Waals surface area contributed by atoms with Gasteiger partial charge in [0.1, 0.15) is 6.61 Å². The number of hydrogen-bond donors (Lipinski definition) is 2. The Morgan fingerprint density at radius 2 is 2.31 bits per heavy atom. The Labute approximate surface area is 93.5 Å². The van der Waals surface area contributed by atoms with E-state index in [1.165, 1.54) is 6.08 Å². The minimum Gasteiger partial charge on any atom is -0.481 e. The average molecular weight is 225 g/mol. The standard InChI is InChI=1S/C11H15NO4/c1-2-3-16-10(15)12-8-4-7-5-11(7,6-8)9(13)14/h2,7-8H,1,3-6H2,(H,12,15)(H,13,14)/t7-,8+,11+/m1/s1.